The van der Waals surface area contributed by atoms with Crippen LogP contribution in [0.2, 0.25) is 0 Å². The van der Waals surface area contributed by atoms with Gasteiger partial charge in [-0.05, 0) is 23.8 Å². The summed E-state index contributed by atoms with van der Waals surface area (Å²) >= 11 is 0. The van der Waals surface area contributed by atoms with E-state index in [9.17, 15) is 9.18 Å². The first-order valence-electron chi connectivity index (χ1n) is 9.25. The van der Waals surface area contributed by atoms with Gasteiger partial charge in [0.25, 0.3) is 0 Å². The minimum absolute atomic E-state index is 0.0703. The number of nitrogens with zero attached hydrogens (tertiary/aromatic N) is 3. The van der Waals surface area contributed by atoms with Crippen LogP contribution in [0.5, 0.6) is 5.88 Å². The van der Waals surface area contributed by atoms with E-state index in [0.29, 0.717) is 41.7 Å². The molecule has 3 rings (SSSR count). The molecule has 30 heavy (non-hydrogen) atoms. The number of pyridine rings is 1. The Morgan fingerprint density at radius 2 is 2.03 bits per heavy atom. The molecule has 0 saturated carbocycles. The maximum Gasteiger partial charge on any atom is 0.232 e. The summed E-state index contributed by atoms with van der Waals surface area (Å²) in [5.74, 6) is 0.0392. The lowest BCUT2D eigenvalue weighted by molar-refractivity contribution is 0.0987. The number of hydrogen-bond acceptors (Lipinski definition) is 8. The number of methoxy groups -OCH3 is 1. The van der Waals surface area contributed by atoms with Crippen molar-refractivity contribution in [1.29, 1.82) is 0 Å². The Labute approximate surface area is 173 Å². The molecule has 0 radical (unpaired) electrons. The molecule has 3 N–H and O–H groups in total. The highest BCUT2D eigenvalue weighted by atomic mass is 19.1. The van der Waals surface area contributed by atoms with E-state index in [1.165, 1.54) is 18.5 Å². The van der Waals surface area contributed by atoms with Crippen molar-refractivity contribution in [3.8, 4) is 5.88 Å². The zero-order valence-electron chi connectivity index (χ0n) is 16.5. The van der Waals surface area contributed by atoms with E-state index >= 15 is 0 Å². The van der Waals surface area contributed by atoms with Gasteiger partial charge in [-0.2, -0.15) is 0 Å². The third-order valence-electron chi connectivity index (χ3n) is 4.23. The molecule has 0 saturated heterocycles. The number of nitrogens with one attached hydrogen (secondary N) is 1. The third-order valence-corrected chi connectivity index (χ3v) is 4.23. The van der Waals surface area contributed by atoms with Gasteiger partial charge in [0.1, 0.15) is 23.9 Å². The maximum absolute atomic E-state index is 14.2. The number of ketones is 1. The van der Waals surface area contributed by atoms with Crippen molar-refractivity contribution < 1.29 is 18.7 Å². The molecule has 0 unspecified atom stereocenters. The van der Waals surface area contributed by atoms with Crippen LogP contribution in [0.1, 0.15) is 21.6 Å². The summed E-state index contributed by atoms with van der Waals surface area (Å²) < 4.78 is 24.4. The minimum atomic E-state index is -0.376. The summed E-state index contributed by atoms with van der Waals surface area (Å²) in [6, 6.07) is 8.05. The van der Waals surface area contributed by atoms with Crippen molar-refractivity contribution in [2.45, 2.75) is 13.0 Å². The maximum atomic E-state index is 14.2. The number of hydrogen-bond donors (Lipinski definition) is 2. The number of Topliss-reactive ketones (excluding diaryl/α,β-unsaturated/α-hetero) is 1. The summed E-state index contributed by atoms with van der Waals surface area (Å²) in [5.41, 5.74) is 7.69. The van der Waals surface area contributed by atoms with E-state index in [1.807, 2.05) is 0 Å². The lowest BCUT2D eigenvalue weighted by Crippen LogP contribution is -2.10. The van der Waals surface area contributed by atoms with Gasteiger partial charge >= 0.3 is 0 Å². The fourth-order valence-corrected chi connectivity index (χ4v) is 2.67. The highest BCUT2D eigenvalue weighted by Crippen LogP contribution is 2.18. The second-order valence-corrected chi connectivity index (χ2v) is 6.40. The van der Waals surface area contributed by atoms with Gasteiger partial charge in [0.05, 0.1) is 24.7 Å². The largest absolute Gasteiger partial charge is 0.474 e. The van der Waals surface area contributed by atoms with Crippen molar-refractivity contribution in [3.05, 3.63) is 71.6 Å². The van der Waals surface area contributed by atoms with Crippen LogP contribution in [0.15, 0.2) is 48.9 Å². The van der Waals surface area contributed by atoms with E-state index in [0.717, 1.165) is 0 Å². The second kappa shape index (κ2) is 10.3. The predicted octanol–water partition coefficient (Wildman–Crippen LogP) is 2.66. The van der Waals surface area contributed by atoms with E-state index in [2.05, 4.69) is 20.3 Å². The van der Waals surface area contributed by atoms with Crippen molar-refractivity contribution in [2.24, 2.45) is 0 Å². The number of nitrogen functional groups attached to an aromatic ring is 1. The molecule has 0 atom stereocenters. The first kappa shape index (κ1) is 21.1. The highest BCUT2D eigenvalue weighted by Gasteiger charge is 2.12. The standard InChI is InChI=1S/C21H22FN5O3/c1-29-7-8-30-20-13-26-18(12-27-20)19(28)10-14-4-5-16(22)15(9-14)11-25-17-3-2-6-24-21(17)23/h2-6,9,12-13,25H,7-8,10-11H2,1H3,(H2,23,24). The average molecular weight is 411 g/mol. The molecule has 0 aliphatic rings. The normalized spacial score (nSPS) is 10.6. The Morgan fingerprint density at radius 3 is 2.77 bits per heavy atom. The molecule has 3 aromatic rings. The lowest BCUT2D eigenvalue weighted by atomic mass is 10.0. The number of ether oxygens (including phenoxy) is 2. The van der Waals surface area contributed by atoms with Gasteiger partial charge in [-0.15, -0.1) is 0 Å². The van der Waals surface area contributed by atoms with Crippen molar-refractivity contribution >= 4 is 17.3 Å². The molecule has 9 heteroatoms. The van der Waals surface area contributed by atoms with Crippen LogP contribution in [0.25, 0.3) is 0 Å². The Bertz CT molecular complexity index is 998. The van der Waals surface area contributed by atoms with Crippen LogP contribution in [0.4, 0.5) is 15.9 Å². The number of halogens is 1. The molecule has 8 nitrogen and oxygen atoms in total. The van der Waals surface area contributed by atoms with E-state index in [1.54, 1.807) is 37.6 Å². The average Bonchev–Trinajstić information content (AvgIpc) is 2.75. The molecule has 2 heterocycles. The van der Waals surface area contributed by atoms with Gasteiger partial charge < -0.3 is 20.5 Å². The molecule has 0 bridgehead atoms. The van der Waals surface area contributed by atoms with Crippen molar-refractivity contribution in [3.63, 3.8) is 0 Å². The second-order valence-electron chi connectivity index (χ2n) is 6.40. The van der Waals surface area contributed by atoms with Gasteiger partial charge in [-0.1, -0.05) is 12.1 Å². The summed E-state index contributed by atoms with van der Waals surface area (Å²) in [7, 11) is 1.57. The number of aromatic nitrogens is 3. The Kier molecular flexibility index (Phi) is 7.23. The molecule has 0 aliphatic carbocycles. The quantitative estimate of drug-likeness (QED) is 0.387. The van der Waals surface area contributed by atoms with Gasteiger partial charge in [-0.25, -0.2) is 19.3 Å². The molecule has 2 aromatic heterocycles. The van der Waals surface area contributed by atoms with Crippen LogP contribution >= 0.6 is 0 Å². The fraction of sp³-hybridized carbons (Fsp3) is 0.238. The first-order chi connectivity index (χ1) is 14.6. The van der Waals surface area contributed by atoms with Crippen LogP contribution in [-0.2, 0) is 17.7 Å². The van der Waals surface area contributed by atoms with Crippen molar-refractivity contribution in [1.82, 2.24) is 15.0 Å². The first-order valence-corrected chi connectivity index (χ1v) is 9.25. The number of rotatable bonds is 10. The zero-order chi connectivity index (χ0) is 21.3. The number of benzene rings is 1. The van der Waals surface area contributed by atoms with E-state index < -0.39 is 0 Å². The van der Waals surface area contributed by atoms with Gasteiger partial charge in [-0.3, -0.25) is 4.79 Å². The summed E-state index contributed by atoms with van der Waals surface area (Å²) in [4.78, 5) is 24.6. The molecule has 0 spiro atoms. The smallest absolute Gasteiger partial charge is 0.232 e. The Morgan fingerprint density at radius 1 is 1.17 bits per heavy atom. The molecule has 0 aliphatic heterocycles. The monoisotopic (exact) mass is 411 g/mol. The number of carbonyl (C=O) groups excluding carboxylic acids is 1. The molecular formula is C21H22FN5O3. The van der Waals surface area contributed by atoms with E-state index in [4.69, 9.17) is 15.2 Å². The van der Waals surface area contributed by atoms with E-state index in [-0.39, 0.29) is 30.3 Å². The topological polar surface area (TPSA) is 112 Å². The SMILES string of the molecule is COCCOc1cnc(C(=O)Cc2ccc(F)c(CNc3cccnc3N)c2)cn1. The van der Waals surface area contributed by atoms with Crippen LogP contribution in [-0.4, -0.2) is 41.1 Å². The molecular weight excluding hydrogens is 389 g/mol. The molecule has 156 valence electrons. The predicted molar refractivity (Wildman–Crippen MR) is 110 cm³/mol. The third kappa shape index (κ3) is 5.71. The van der Waals surface area contributed by atoms with Gasteiger partial charge in [0, 0.05) is 31.8 Å². The Balaban J connectivity index is 1.63. The summed E-state index contributed by atoms with van der Waals surface area (Å²) in [6.45, 7) is 0.976. The summed E-state index contributed by atoms with van der Waals surface area (Å²) in [6.07, 6.45) is 4.40. The molecule has 0 fully saturated rings. The summed E-state index contributed by atoms with van der Waals surface area (Å²) in [5, 5.41) is 3.05. The molecule has 1 aromatic carbocycles. The number of anilines is 2. The lowest BCUT2D eigenvalue weighted by Gasteiger charge is -2.10. The number of nitrogens with two attached hydrogens (primary N) is 1. The van der Waals surface area contributed by atoms with Crippen molar-refractivity contribution in [2.75, 3.05) is 31.4 Å². The molecule has 0 amide bonds. The number of carbonyl (C=O) groups is 1. The zero-order valence-corrected chi connectivity index (χ0v) is 16.5. The van der Waals surface area contributed by atoms with Crippen LogP contribution in [0, 0.1) is 5.82 Å². The minimum Gasteiger partial charge on any atom is -0.474 e. The van der Waals surface area contributed by atoms with Gasteiger partial charge in [0.2, 0.25) is 5.88 Å². The fourth-order valence-electron chi connectivity index (χ4n) is 2.67. The van der Waals surface area contributed by atoms with Crippen LogP contribution in [0.3, 0.4) is 0 Å². The van der Waals surface area contributed by atoms with Gasteiger partial charge in [0.15, 0.2) is 5.78 Å². The Hall–Kier alpha value is -3.59. The highest BCUT2D eigenvalue weighted by molar-refractivity contribution is 5.95. The van der Waals surface area contributed by atoms with Crippen LogP contribution < -0.4 is 15.8 Å².